The van der Waals surface area contributed by atoms with Gasteiger partial charge in [0.25, 0.3) is 0 Å². The van der Waals surface area contributed by atoms with Crippen molar-refractivity contribution in [2.24, 2.45) is 0 Å². The molecule has 0 unspecified atom stereocenters. The van der Waals surface area contributed by atoms with Crippen molar-refractivity contribution in [3.8, 4) is 11.3 Å². The summed E-state index contributed by atoms with van der Waals surface area (Å²) in [6.07, 6.45) is 1.65. The molecule has 1 nitrogen and oxygen atoms in total. The summed E-state index contributed by atoms with van der Waals surface area (Å²) in [5, 5.41) is 1.63. The summed E-state index contributed by atoms with van der Waals surface area (Å²) < 4.78 is 0. The summed E-state index contributed by atoms with van der Waals surface area (Å²) >= 11 is 23.7. The van der Waals surface area contributed by atoms with E-state index in [1.807, 2.05) is 0 Å². The lowest BCUT2D eigenvalue weighted by molar-refractivity contribution is 1.33. The van der Waals surface area contributed by atoms with Gasteiger partial charge in [-0.3, -0.25) is 4.98 Å². The number of pyridine rings is 1. The highest BCUT2D eigenvalue weighted by Crippen LogP contribution is 2.36. The van der Waals surface area contributed by atoms with Crippen molar-refractivity contribution < 1.29 is 0 Å². The number of halogens is 4. The van der Waals surface area contributed by atoms with E-state index in [4.69, 9.17) is 46.4 Å². The molecule has 0 fully saturated rings. The molecule has 1 aromatic heterocycles. The van der Waals surface area contributed by atoms with Crippen LogP contribution in [-0.4, -0.2) is 4.98 Å². The SMILES string of the molecule is Clc1cccnc1-c1cc(Cl)c(Cl)c(Cl)c1. The van der Waals surface area contributed by atoms with E-state index in [1.54, 1.807) is 30.5 Å². The van der Waals surface area contributed by atoms with Gasteiger partial charge in [0.15, 0.2) is 0 Å². The lowest BCUT2D eigenvalue weighted by Gasteiger charge is -2.06. The number of hydrogen-bond acceptors (Lipinski definition) is 1. The van der Waals surface area contributed by atoms with E-state index in [2.05, 4.69) is 4.98 Å². The first kappa shape index (κ1) is 12.0. The molecule has 5 heteroatoms. The molecule has 82 valence electrons. The van der Waals surface area contributed by atoms with Crippen molar-refractivity contribution in [3.63, 3.8) is 0 Å². The fourth-order valence-electron chi connectivity index (χ4n) is 1.29. The van der Waals surface area contributed by atoms with Crippen LogP contribution in [0.25, 0.3) is 11.3 Å². The summed E-state index contributed by atoms with van der Waals surface area (Å²) in [5.74, 6) is 0. The molecule has 0 amide bonds. The second-order valence-electron chi connectivity index (χ2n) is 3.09. The average Bonchev–Trinajstić information content (AvgIpc) is 2.26. The summed E-state index contributed by atoms with van der Waals surface area (Å²) in [4.78, 5) is 4.17. The molecule has 0 aliphatic carbocycles. The van der Waals surface area contributed by atoms with Crippen molar-refractivity contribution in [2.75, 3.05) is 0 Å². The molecule has 0 N–H and O–H groups in total. The molecule has 0 saturated heterocycles. The Hall–Kier alpha value is -0.470. The van der Waals surface area contributed by atoms with E-state index in [1.165, 1.54) is 0 Å². The van der Waals surface area contributed by atoms with E-state index < -0.39 is 0 Å². The van der Waals surface area contributed by atoms with E-state index in [-0.39, 0.29) is 0 Å². The molecule has 2 rings (SSSR count). The summed E-state index contributed by atoms with van der Waals surface area (Å²) in [6, 6.07) is 6.87. The molecule has 1 aromatic carbocycles. The monoisotopic (exact) mass is 291 g/mol. The van der Waals surface area contributed by atoms with Gasteiger partial charge in [-0.15, -0.1) is 0 Å². The molecular weight excluding hydrogens is 288 g/mol. The van der Waals surface area contributed by atoms with Crippen LogP contribution in [0.15, 0.2) is 30.5 Å². The first-order valence-corrected chi connectivity index (χ1v) is 5.86. The van der Waals surface area contributed by atoms with Crippen LogP contribution in [0.4, 0.5) is 0 Å². The van der Waals surface area contributed by atoms with E-state index in [0.717, 1.165) is 5.56 Å². The van der Waals surface area contributed by atoms with Crippen LogP contribution in [-0.2, 0) is 0 Å². The number of benzene rings is 1. The van der Waals surface area contributed by atoms with Crippen LogP contribution < -0.4 is 0 Å². The zero-order chi connectivity index (χ0) is 11.7. The molecule has 0 radical (unpaired) electrons. The van der Waals surface area contributed by atoms with Gasteiger partial charge in [-0.05, 0) is 24.3 Å². The number of aromatic nitrogens is 1. The smallest absolute Gasteiger partial charge is 0.0889 e. The lowest BCUT2D eigenvalue weighted by atomic mass is 10.1. The van der Waals surface area contributed by atoms with E-state index >= 15 is 0 Å². The zero-order valence-electron chi connectivity index (χ0n) is 7.85. The topological polar surface area (TPSA) is 12.9 Å². The third-order valence-electron chi connectivity index (χ3n) is 2.02. The van der Waals surface area contributed by atoms with Crippen molar-refractivity contribution in [1.82, 2.24) is 4.98 Å². The molecular formula is C11H5Cl4N. The van der Waals surface area contributed by atoms with Crippen molar-refractivity contribution in [3.05, 3.63) is 50.6 Å². The maximum absolute atomic E-state index is 6.02. The quantitative estimate of drug-likeness (QED) is 0.645. The molecule has 2 aromatic rings. The summed E-state index contributed by atoms with van der Waals surface area (Å²) in [5.41, 5.74) is 1.37. The molecule has 0 spiro atoms. The second kappa shape index (κ2) is 4.80. The zero-order valence-corrected chi connectivity index (χ0v) is 10.9. The van der Waals surface area contributed by atoms with Gasteiger partial charge in [0, 0.05) is 11.8 Å². The Bertz CT molecular complexity index is 516. The van der Waals surface area contributed by atoms with Gasteiger partial charge in [0.1, 0.15) is 0 Å². The minimum atomic E-state index is 0.333. The van der Waals surface area contributed by atoms with Crippen LogP contribution >= 0.6 is 46.4 Å². The van der Waals surface area contributed by atoms with Gasteiger partial charge >= 0.3 is 0 Å². The molecule has 0 aliphatic heterocycles. The Balaban J connectivity index is 2.62. The molecule has 1 heterocycles. The Morgan fingerprint density at radius 1 is 0.875 bits per heavy atom. The van der Waals surface area contributed by atoms with Crippen molar-refractivity contribution in [1.29, 1.82) is 0 Å². The lowest BCUT2D eigenvalue weighted by Crippen LogP contribution is -1.85. The highest BCUT2D eigenvalue weighted by molar-refractivity contribution is 6.48. The maximum Gasteiger partial charge on any atom is 0.0889 e. The summed E-state index contributed by atoms with van der Waals surface area (Å²) in [6.45, 7) is 0. The second-order valence-corrected chi connectivity index (χ2v) is 4.69. The fourth-order valence-corrected chi connectivity index (χ4v) is 2.12. The van der Waals surface area contributed by atoms with Crippen molar-refractivity contribution >= 4 is 46.4 Å². The Kier molecular flexibility index (Phi) is 3.60. The molecule has 0 aliphatic rings. The summed E-state index contributed by atoms with van der Waals surface area (Å²) in [7, 11) is 0. The van der Waals surface area contributed by atoms with Gasteiger partial charge in [0.2, 0.25) is 0 Å². The normalized spacial score (nSPS) is 10.5. The van der Waals surface area contributed by atoms with Gasteiger partial charge in [0.05, 0.1) is 25.8 Å². The Morgan fingerprint density at radius 2 is 1.50 bits per heavy atom. The Morgan fingerprint density at radius 3 is 2.06 bits per heavy atom. The first-order valence-electron chi connectivity index (χ1n) is 4.35. The predicted octanol–water partition coefficient (Wildman–Crippen LogP) is 5.36. The van der Waals surface area contributed by atoms with Crippen molar-refractivity contribution in [2.45, 2.75) is 0 Å². The Labute approximate surface area is 113 Å². The number of hydrogen-bond donors (Lipinski definition) is 0. The van der Waals surface area contributed by atoms with Crippen LogP contribution in [0.3, 0.4) is 0 Å². The molecule has 0 bridgehead atoms. The van der Waals surface area contributed by atoms with Crippen LogP contribution in [0.1, 0.15) is 0 Å². The number of nitrogens with zero attached hydrogens (tertiary/aromatic N) is 1. The molecule has 0 atom stereocenters. The van der Waals surface area contributed by atoms with Gasteiger partial charge in [-0.2, -0.15) is 0 Å². The maximum atomic E-state index is 6.02. The van der Waals surface area contributed by atoms with E-state index in [9.17, 15) is 0 Å². The highest BCUT2D eigenvalue weighted by atomic mass is 35.5. The molecule has 16 heavy (non-hydrogen) atoms. The standard InChI is InChI=1S/C11H5Cl4N/c12-7-2-1-3-16-11(7)6-4-8(13)10(15)9(14)5-6/h1-5H. The third kappa shape index (κ3) is 2.28. The van der Waals surface area contributed by atoms with Crippen LogP contribution in [0.5, 0.6) is 0 Å². The average molecular weight is 293 g/mol. The highest BCUT2D eigenvalue weighted by Gasteiger charge is 2.10. The van der Waals surface area contributed by atoms with Crippen LogP contribution in [0.2, 0.25) is 20.1 Å². The van der Waals surface area contributed by atoms with Gasteiger partial charge < -0.3 is 0 Å². The molecule has 0 saturated carbocycles. The minimum absolute atomic E-state index is 0.333. The van der Waals surface area contributed by atoms with Gasteiger partial charge in [-0.25, -0.2) is 0 Å². The first-order chi connectivity index (χ1) is 7.59. The van der Waals surface area contributed by atoms with Crippen LogP contribution in [0, 0.1) is 0 Å². The third-order valence-corrected chi connectivity index (χ3v) is 3.52. The largest absolute Gasteiger partial charge is 0.255 e. The number of rotatable bonds is 1. The van der Waals surface area contributed by atoms with E-state index in [0.29, 0.717) is 25.8 Å². The predicted molar refractivity (Wildman–Crippen MR) is 69.7 cm³/mol. The minimum Gasteiger partial charge on any atom is -0.255 e. The fraction of sp³-hybridized carbons (Fsp3) is 0. The van der Waals surface area contributed by atoms with Gasteiger partial charge in [-0.1, -0.05) is 46.4 Å².